The number of rotatable bonds is 13. The van der Waals surface area contributed by atoms with Crippen LogP contribution < -0.4 is 15.2 Å². The molecular weight excluding hydrogens is 526 g/mol. The van der Waals surface area contributed by atoms with Crippen molar-refractivity contribution in [2.45, 2.75) is 105 Å². The summed E-state index contributed by atoms with van der Waals surface area (Å²) in [4.78, 5) is 48.7. The molecule has 0 saturated heterocycles. The number of carbonyl (C=O) groups is 4. The smallest absolute Gasteiger partial charge is 0.480 e. The number of carboxylic acid groups (broad SMARTS) is 1. The predicted octanol–water partition coefficient (Wildman–Crippen LogP) is 5.62. The van der Waals surface area contributed by atoms with Crippen molar-refractivity contribution < 1.29 is 52.7 Å². The Morgan fingerprint density at radius 1 is 0.825 bits per heavy atom. The lowest BCUT2D eigenvalue weighted by Gasteiger charge is -2.28. The van der Waals surface area contributed by atoms with Gasteiger partial charge in [0.15, 0.2) is 11.5 Å². The number of carboxylic acids is 1. The monoisotopic (exact) mass is 569 g/mol. The van der Waals surface area contributed by atoms with Gasteiger partial charge in [-0.2, -0.15) is 0 Å². The minimum absolute atomic E-state index is 0.118. The average molecular weight is 570 g/mol. The van der Waals surface area contributed by atoms with Gasteiger partial charge in [-0.3, -0.25) is 4.79 Å². The van der Waals surface area contributed by atoms with Crippen LogP contribution in [0.25, 0.3) is 0 Å². The van der Waals surface area contributed by atoms with Crippen LogP contribution in [0, 0.1) is 5.41 Å². The molecule has 3 N–H and O–H groups in total. The van der Waals surface area contributed by atoms with Crippen LogP contribution in [0.5, 0.6) is 11.5 Å². The van der Waals surface area contributed by atoms with Crippen LogP contribution in [0.3, 0.4) is 0 Å². The van der Waals surface area contributed by atoms with Crippen molar-refractivity contribution in [3.8, 4) is 11.5 Å². The number of nitrogens with two attached hydrogens (primary N) is 1. The van der Waals surface area contributed by atoms with E-state index in [2.05, 4.69) is 0 Å². The molecule has 12 heteroatoms. The molecule has 4 atom stereocenters. The quantitative estimate of drug-likeness (QED) is 0.171. The van der Waals surface area contributed by atoms with Gasteiger partial charge in [0.05, 0.1) is 6.61 Å². The SMILES string of the molecule is CCC(C)OC(=O)Oc1ccc(CC(N)(C[C@H](C)OC(=O)OCC(C)(C)C)C(=O)O)cc1OC(=O)OC(C)CC. The van der Waals surface area contributed by atoms with Crippen molar-refractivity contribution in [2.24, 2.45) is 11.1 Å². The van der Waals surface area contributed by atoms with E-state index in [4.69, 9.17) is 34.2 Å². The number of hydrogen-bond acceptors (Lipinski definition) is 11. The van der Waals surface area contributed by atoms with E-state index in [0.29, 0.717) is 18.4 Å². The van der Waals surface area contributed by atoms with Crippen LogP contribution in [0.1, 0.15) is 80.2 Å². The topological polar surface area (TPSA) is 170 Å². The first-order chi connectivity index (χ1) is 18.5. The van der Waals surface area contributed by atoms with Gasteiger partial charge in [0.2, 0.25) is 0 Å². The van der Waals surface area contributed by atoms with Crippen molar-refractivity contribution in [3.63, 3.8) is 0 Å². The summed E-state index contributed by atoms with van der Waals surface area (Å²) in [5.74, 6) is -1.69. The van der Waals surface area contributed by atoms with E-state index in [0.717, 1.165) is 0 Å². The van der Waals surface area contributed by atoms with Crippen LogP contribution in [0.2, 0.25) is 0 Å². The number of hydrogen-bond donors (Lipinski definition) is 2. The van der Waals surface area contributed by atoms with Crippen molar-refractivity contribution >= 4 is 24.4 Å². The van der Waals surface area contributed by atoms with Gasteiger partial charge in [0.1, 0.15) is 23.9 Å². The van der Waals surface area contributed by atoms with E-state index in [9.17, 15) is 24.3 Å². The summed E-state index contributed by atoms with van der Waals surface area (Å²) in [5.41, 5.74) is 4.43. The van der Waals surface area contributed by atoms with Crippen molar-refractivity contribution in [1.82, 2.24) is 0 Å². The third-order valence-corrected chi connectivity index (χ3v) is 5.66. The van der Waals surface area contributed by atoms with Crippen LogP contribution in [-0.2, 0) is 30.2 Å². The fourth-order valence-corrected chi connectivity index (χ4v) is 3.18. The summed E-state index contributed by atoms with van der Waals surface area (Å²) in [6, 6.07) is 4.11. The van der Waals surface area contributed by atoms with Gasteiger partial charge in [-0.25, -0.2) is 14.4 Å². The Morgan fingerprint density at radius 3 is 1.80 bits per heavy atom. The Hall–Kier alpha value is -3.54. The maximum atomic E-state index is 12.3. The first kappa shape index (κ1) is 34.5. The first-order valence-electron chi connectivity index (χ1n) is 13.2. The van der Waals surface area contributed by atoms with E-state index >= 15 is 0 Å². The van der Waals surface area contributed by atoms with Crippen LogP contribution in [0.4, 0.5) is 14.4 Å². The zero-order valence-corrected chi connectivity index (χ0v) is 24.6. The minimum Gasteiger partial charge on any atom is -0.480 e. The van der Waals surface area contributed by atoms with Gasteiger partial charge in [0, 0.05) is 12.8 Å². The van der Waals surface area contributed by atoms with Gasteiger partial charge >= 0.3 is 24.4 Å². The lowest BCUT2D eigenvalue weighted by Crippen LogP contribution is -2.52. The van der Waals surface area contributed by atoms with Crippen LogP contribution in [0.15, 0.2) is 18.2 Å². The second-order valence-electron chi connectivity index (χ2n) is 11.0. The Labute approximate surface area is 235 Å². The summed E-state index contributed by atoms with van der Waals surface area (Å²) >= 11 is 0. The van der Waals surface area contributed by atoms with Gasteiger partial charge < -0.3 is 39.3 Å². The number of ether oxygens (including phenoxy) is 6. The molecule has 1 aromatic rings. The lowest BCUT2D eigenvalue weighted by molar-refractivity contribution is -0.144. The van der Waals surface area contributed by atoms with Crippen molar-refractivity contribution in [3.05, 3.63) is 23.8 Å². The predicted molar refractivity (Wildman–Crippen MR) is 144 cm³/mol. The molecule has 0 saturated carbocycles. The number of aliphatic carboxylic acids is 1. The summed E-state index contributed by atoms with van der Waals surface area (Å²) in [5, 5.41) is 9.92. The highest BCUT2D eigenvalue weighted by Gasteiger charge is 2.37. The fraction of sp³-hybridized carbons (Fsp3) is 0.643. The molecule has 1 aromatic carbocycles. The molecule has 0 aromatic heterocycles. The third-order valence-electron chi connectivity index (χ3n) is 5.66. The Balaban J connectivity index is 3.15. The molecular formula is C28H43NO11. The van der Waals surface area contributed by atoms with Gasteiger partial charge in [-0.15, -0.1) is 0 Å². The number of benzene rings is 1. The molecule has 12 nitrogen and oxygen atoms in total. The molecule has 0 aliphatic rings. The molecule has 1 rings (SSSR count). The maximum Gasteiger partial charge on any atom is 0.514 e. The fourth-order valence-electron chi connectivity index (χ4n) is 3.18. The van der Waals surface area contributed by atoms with E-state index in [1.165, 1.54) is 25.1 Å². The first-order valence-corrected chi connectivity index (χ1v) is 13.2. The Morgan fingerprint density at radius 2 is 1.32 bits per heavy atom. The highest BCUT2D eigenvalue weighted by atomic mass is 16.8. The third kappa shape index (κ3) is 12.5. The van der Waals surface area contributed by atoms with Crippen molar-refractivity contribution in [2.75, 3.05) is 6.61 Å². The molecule has 0 aliphatic carbocycles. The standard InChI is InChI=1S/C28H43NO11/c1-9-17(3)36-25(33)39-21-12-11-20(13-22(21)40-26(34)37-18(4)10-2)15-28(29,23(30)31)14-19(5)38-24(32)35-16-27(6,7)8/h11-13,17-19H,9-10,14-16,29H2,1-8H3,(H,30,31)/t17?,18?,19-,28?/m0/s1. The second kappa shape index (κ2) is 15.3. The molecule has 0 heterocycles. The highest BCUT2D eigenvalue weighted by molar-refractivity contribution is 5.79. The van der Waals surface area contributed by atoms with Crippen molar-refractivity contribution in [1.29, 1.82) is 0 Å². The van der Waals surface area contributed by atoms with Crippen LogP contribution >= 0.6 is 0 Å². The van der Waals surface area contributed by atoms with Gasteiger partial charge in [-0.05, 0) is 56.7 Å². The maximum absolute atomic E-state index is 12.3. The normalized spacial score (nSPS) is 15.0. The molecule has 0 radical (unpaired) electrons. The zero-order chi connectivity index (χ0) is 30.7. The molecule has 0 fully saturated rings. The largest absolute Gasteiger partial charge is 0.514 e. The van der Waals surface area contributed by atoms with E-state index < -0.39 is 48.3 Å². The van der Waals surface area contributed by atoms with E-state index in [-0.39, 0.29) is 36.4 Å². The molecule has 226 valence electrons. The second-order valence-corrected chi connectivity index (χ2v) is 11.0. The average Bonchev–Trinajstić information content (AvgIpc) is 2.83. The highest BCUT2D eigenvalue weighted by Crippen LogP contribution is 2.32. The van der Waals surface area contributed by atoms with Gasteiger partial charge in [0.25, 0.3) is 0 Å². The van der Waals surface area contributed by atoms with E-state index in [1.54, 1.807) is 13.8 Å². The van der Waals surface area contributed by atoms with E-state index in [1.807, 2.05) is 34.6 Å². The Bertz CT molecular complexity index is 1020. The summed E-state index contributed by atoms with van der Waals surface area (Å²) in [7, 11) is 0. The van der Waals surface area contributed by atoms with Gasteiger partial charge in [-0.1, -0.05) is 40.7 Å². The van der Waals surface area contributed by atoms with Crippen LogP contribution in [-0.4, -0.2) is 60.0 Å². The summed E-state index contributed by atoms with van der Waals surface area (Å²) in [6.07, 6.45) is -4.12. The minimum atomic E-state index is -1.88. The molecule has 40 heavy (non-hydrogen) atoms. The molecule has 0 amide bonds. The molecule has 0 spiro atoms. The summed E-state index contributed by atoms with van der Waals surface area (Å²) in [6.45, 7) is 14.3. The summed E-state index contributed by atoms with van der Waals surface area (Å²) < 4.78 is 31.0. The number of carbonyl (C=O) groups excluding carboxylic acids is 3. The molecule has 0 aliphatic heterocycles. The molecule has 0 bridgehead atoms. The zero-order valence-electron chi connectivity index (χ0n) is 24.6. The lowest BCUT2D eigenvalue weighted by atomic mass is 9.86. The Kier molecular flexibility index (Phi) is 13.2. The molecule has 3 unspecified atom stereocenters.